The van der Waals surface area contributed by atoms with E-state index in [0.29, 0.717) is 6.54 Å². The molecule has 0 spiro atoms. The molecule has 3 fully saturated rings. The van der Waals surface area contributed by atoms with Gasteiger partial charge in [0.2, 0.25) is 5.43 Å². The van der Waals surface area contributed by atoms with Gasteiger partial charge in [0.1, 0.15) is 11.6 Å². The van der Waals surface area contributed by atoms with Gasteiger partial charge in [-0.1, -0.05) is 0 Å². The molecule has 0 saturated carbocycles. The van der Waals surface area contributed by atoms with Crippen LogP contribution in [0.25, 0.3) is 16.6 Å². The number of anilines is 1. The number of carboxylic acid groups (broad SMARTS) is 1. The fraction of sp³-hybridized carbons (Fsp3) is 0.304. The molecule has 2 N–H and O–H groups in total. The van der Waals surface area contributed by atoms with Gasteiger partial charge in [-0.15, -0.1) is 0 Å². The normalized spacial score (nSPS) is 20.5. The Morgan fingerprint density at radius 3 is 2.34 bits per heavy atom. The highest BCUT2D eigenvalue weighted by Crippen LogP contribution is 2.34. The number of fused-ring (bicyclic) bond motifs is 5. The van der Waals surface area contributed by atoms with Crippen LogP contribution >= 0.6 is 0 Å². The molecular formula is C23H21F2N3O4. The summed E-state index contributed by atoms with van der Waals surface area (Å²) < 4.78 is 29.9. The molecule has 9 heteroatoms. The summed E-state index contributed by atoms with van der Waals surface area (Å²) in [6, 6.07) is 7.64. The number of aromatic carboxylic acids is 1. The number of piperidine rings is 1. The van der Waals surface area contributed by atoms with Crippen LogP contribution in [0.1, 0.15) is 23.3 Å². The fourth-order valence-corrected chi connectivity index (χ4v) is 4.86. The average Bonchev–Trinajstić information content (AvgIpc) is 3.10. The number of halogens is 2. The summed E-state index contributed by atoms with van der Waals surface area (Å²) in [4.78, 5) is 29.0. The van der Waals surface area contributed by atoms with Crippen LogP contribution in [0.15, 0.2) is 41.2 Å². The van der Waals surface area contributed by atoms with E-state index in [0.717, 1.165) is 55.2 Å². The van der Waals surface area contributed by atoms with Crippen molar-refractivity contribution in [3.05, 3.63) is 63.9 Å². The monoisotopic (exact) mass is 441 g/mol. The Kier molecular flexibility index (Phi) is 4.85. The van der Waals surface area contributed by atoms with E-state index in [-0.39, 0.29) is 28.3 Å². The molecule has 3 aliphatic rings. The van der Waals surface area contributed by atoms with E-state index in [4.69, 9.17) is 0 Å². The smallest absolute Gasteiger partial charge is 0.356 e. The van der Waals surface area contributed by atoms with Crippen molar-refractivity contribution in [3.63, 3.8) is 0 Å². The van der Waals surface area contributed by atoms with E-state index >= 15 is 4.39 Å². The summed E-state index contributed by atoms with van der Waals surface area (Å²) >= 11 is 0. The minimum Gasteiger partial charge on any atom is -0.502 e. The van der Waals surface area contributed by atoms with Crippen LogP contribution in [0, 0.1) is 11.6 Å². The Labute approximate surface area is 181 Å². The first-order valence-corrected chi connectivity index (χ1v) is 10.4. The number of aromatic nitrogens is 1. The molecule has 0 aliphatic carbocycles. The number of carboxylic acids is 1. The van der Waals surface area contributed by atoms with Crippen molar-refractivity contribution < 1.29 is 23.8 Å². The summed E-state index contributed by atoms with van der Waals surface area (Å²) in [7, 11) is 0. The summed E-state index contributed by atoms with van der Waals surface area (Å²) in [5, 5.41) is 20.0. The Balaban J connectivity index is 1.81. The van der Waals surface area contributed by atoms with E-state index < -0.39 is 34.5 Å². The van der Waals surface area contributed by atoms with E-state index in [1.54, 1.807) is 0 Å². The summed E-state index contributed by atoms with van der Waals surface area (Å²) in [6.45, 7) is 3.27. The number of rotatable bonds is 3. The van der Waals surface area contributed by atoms with E-state index in [9.17, 15) is 24.2 Å². The third kappa shape index (κ3) is 3.20. The predicted octanol–water partition coefficient (Wildman–Crippen LogP) is 2.96. The molecule has 3 aromatic rings. The molecule has 3 aliphatic heterocycles. The van der Waals surface area contributed by atoms with Gasteiger partial charge in [-0.2, -0.15) is 0 Å². The first-order chi connectivity index (χ1) is 15.3. The Bertz CT molecular complexity index is 1280. The number of aromatic hydroxyl groups is 1. The van der Waals surface area contributed by atoms with Crippen LogP contribution in [0.2, 0.25) is 0 Å². The topological polar surface area (TPSA) is 86.0 Å². The maximum absolute atomic E-state index is 15.3. The van der Waals surface area contributed by atoms with Crippen molar-refractivity contribution in [1.29, 1.82) is 0 Å². The number of benzene rings is 2. The first-order valence-electron chi connectivity index (χ1n) is 10.4. The first kappa shape index (κ1) is 20.4. The minimum absolute atomic E-state index is 0.132. The second-order valence-corrected chi connectivity index (χ2v) is 8.23. The number of nitrogens with zero attached hydrogens (tertiary/aromatic N) is 3. The average molecular weight is 441 g/mol. The Hall–Kier alpha value is -3.46. The van der Waals surface area contributed by atoms with Crippen LogP contribution in [0.5, 0.6) is 5.75 Å². The maximum Gasteiger partial charge on any atom is 0.356 e. The van der Waals surface area contributed by atoms with Crippen molar-refractivity contribution in [1.82, 2.24) is 9.47 Å². The number of hydrogen-bond acceptors (Lipinski definition) is 5. The molecule has 2 aromatic carbocycles. The van der Waals surface area contributed by atoms with Gasteiger partial charge in [0, 0.05) is 37.9 Å². The number of hydrogen-bond donors (Lipinski definition) is 2. The minimum atomic E-state index is -1.53. The lowest BCUT2D eigenvalue weighted by atomic mass is 10.0. The molecule has 2 bridgehead atoms. The quantitative estimate of drug-likeness (QED) is 0.650. The second-order valence-electron chi connectivity index (χ2n) is 8.23. The van der Waals surface area contributed by atoms with E-state index in [1.165, 1.54) is 18.2 Å². The van der Waals surface area contributed by atoms with Crippen molar-refractivity contribution in [2.75, 3.05) is 31.1 Å². The Morgan fingerprint density at radius 2 is 1.69 bits per heavy atom. The van der Waals surface area contributed by atoms with Crippen LogP contribution in [-0.2, 0) is 0 Å². The largest absolute Gasteiger partial charge is 0.502 e. The highest BCUT2D eigenvalue weighted by atomic mass is 19.1. The lowest BCUT2D eigenvalue weighted by Crippen LogP contribution is -2.38. The molecule has 6 rings (SSSR count). The van der Waals surface area contributed by atoms with Crippen molar-refractivity contribution in [3.8, 4) is 11.4 Å². The van der Waals surface area contributed by atoms with Crippen LogP contribution < -0.4 is 10.3 Å². The van der Waals surface area contributed by atoms with Crippen LogP contribution in [0.3, 0.4) is 0 Å². The highest BCUT2D eigenvalue weighted by Gasteiger charge is 2.32. The number of carbonyl (C=O) groups is 1. The zero-order chi connectivity index (χ0) is 22.6. The van der Waals surface area contributed by atoms with Gasteiger partial charge in [0.15, 0.2) is 11.4 Å². The van der Waals surface area contributed by atoms with Crippen molar-refractivity contribution >= 4 is 22.6 Å². The van der Waals surface area contributed by atoms with E-state index in [1.807, 2.05) is 4.90 Å². The molecule has 7 nitrogen and oxygen atoms in total. The van der Waals surface area contributed by atoms with Gasteiger partial charge in [-0.3, -0.25) is 4.79 Å². The zero-order valence-electron chi connectivity index (χ0n) is 17.1. The summed E-state index contributed by atoms with van der Waals surface area (Å²) in [6.07, 6.45) is 1.77. The van der Waals surface area contributed by atoms with Gasteiger partial charge in [-0.05, 0) is 49.2 Å². The molecular weight excluding hydrogens is 420 g/mol. The highest BCUT2D eigenvalue weighted by molar-refractivity contribution is 5.96. The zero-order valence-corrected chi connectivity index (χ0v) is 17.1. The molecule has 0 amide bonds. The molecule has 0 radical (unpaired) electrons. The maximum atomic E-state index is 15.3. The molecule has 166 valence electrons. The van der Waals surface area contributed by atoms with Gasteiger partial charge in [0.05, 0.1) is 16.6 Å². The molecule has 3 saturated heterocycles. The lowest BCUT2D eigenvalue weighted by Gasteiger charge is -2.33. The summed E-state index contributed by atoms with van der Waals surface area (Å²) in [5.74, 6) is -3.66. The second kappa shape index (κ2) is 7.59. The standard InChI is InChI=1S/C23H21F2N3O4/c24-13-1-3-15(4-2-13)28-18-12-19(27-10-9-26-7-5-14(27)6-8-26)17(25)11-16(18)21(29)22(30)20(28)23(31)32/h1-4,11-12,14,30H,5-10H2,(H,31,32). The van der Waals surface area contributed by atoms with Crippen molar-refractivity contribution in [2.24, 2.45) is 0 Å². The van der Waals surface area contributed by atoms with Crippen LogP contribution in [-0.4, -0.2) is 57.9 Å². The van der Waals surface area contributed by atoms with Crippen LogP contribution in [0.4, 0.5) is 14.5 Å². The van der Waals surface area contributed by atoms with Gasteiger partial charge in [-0.25, -0.2) is 13.6 Å². The van der Waals surface area contributed by atoms with E-state index in [2.05, 4.69) is 4.90 Å². The SMILES string of the molecule is O=C(O)c1c(O)c(=O)c2cc(F)c(N3CCN4CCC3CC4)cc2n1-c1ccc(F)cc1. The third-order valence-electron chi connectivity index (χ3n) is 6.47. The Morgan fingerprint density at radius 1 is 1.00 bits per heavy atom. The molecule has 32 heavy (non-hydrogen) atoms. The molecule has 1 aromatic heterocycles. The van der Waals surface area contributed by atoms with Gasteiger partial charge >= 0.3 is 5.97 Å². The summed E-state index contributed by atoms with van der Waals surface area (Å²) in [5.41, 5.74) is -0.987. The van der Waals surface area contributed by atoms with Gasteiger partial charge in [0.25, 0.3) is 0 Å². The fourth-order valence-electron chi connectivity index (χ4n) is 4.86. The molecule has 0 unspecified atom stereocenters. The number of pyridine rings is 1. The van der Waals surface area contributed by atoms with Crippen molar-refractivity contribution in [2.45, 2.75) is 18.9 Å². The molecule has 0 atom stereocenters. The lowest BCUT2D eigenvalue weighted by molar-refractivity contribution is 0.0684. The third-order valence-corrected chi connectivity index (χ3v) is 6.47. The predicted molar refractivity (Wildman–Crippen MR) is 115 cm³/mol. The molecule has 4 heterocycles. The van der Waals surface area contributed by atoms with Gasteiger partial charge < -0.3 is 24.6 Å².